The van der Waals surface area contributed by atoms with Crippen molar-refractivity contribution in [3.8, 4) is 6.07 Å². The molecule has 0 aromatic heterocycles. The lowest BCUT2D eigenvalue weighted by atomic mass is 9.67. The standard InChI is InChI=1S/C38H44FN7O3/c1-24(42-23-34(47)46-18-6-7-31(46)22-40)21-38(37(41)43-30-14-12-29(39)13-15-30)32-16-10-27(35(48)44(2)3)19-25(32)8-9-26-20-28(11-17-33(26)38)36(49)45(4)5/h10-17,19-20,24,31,42H,6-9,18,21,23H2,1-5H3,(H2,41,43)/t24-,31?/m0/s1. The molecule has 1 aliphatic carbocycles. The molecule has 1 fully saturated rings. The molecule has 0 spiro atoms. The van der Waals surface area contributed by atoms with Crippen molar-refractivity contribution in [2.24, 2.45) is 0 Å². The van der Waals surface area contributed by atoms with Gasteiger partial charge in [-0.1, -0.05) is 12.1 Å². The van der Waals surface area contributed by atoms with Crippen LogP contribution in [0.15, 0.2) is 60.7 Å². The number of hydrogen-bond donors (Lipinski definition) is 3. The Kier molecular flexibility index (Phi) is 10.5. The molecule has 3 N–H and O–H groups in total. The average molecular weight is 666 g/mol. The van der Waals surface area contributed by atoms with Crippen LogP contribution in [-0.2, 0) is 23.1 Å². The lowest BCUT2D eigenvalue weighted by molar-refractivity contribution is -0.130. The Morgan fingerprint density at radius 3 is 2.02 bits per heavy atom. The van der Waals surface area contributed by atoms with E-state index >= 15 is 0 Å². The maximum atomic E-state index is 13.9. The van der Waals surface area contributed by atoms with Crippen molar-refractivity contribution in [2.45, 2.75) is 56.5 Å². The normalized spacial score (nSPS) is 16.8. The topological polar surface area (TPSA) is 133 Å². The summed E-state index contributed by atoms with van der Waals surface area (Å²) in [6, 6.07) is 18.5. The Labute approximate surface area is 287 Å². The van der Waals surface area contributed by atoms with Gasteiger partial charge in [0, 0.05) is 57.6 Å². The van der Waals surface area contributed by atoms with E-state index in [0.29, 0.717) is 49.0 Å². The number of benzene rings is 3. The van der Waals surface area contributed by atoms with E-state index in [1.807, 2.05) is 31.2 Å². The summed E-state index contributed by atoms with van der Waals surface area (Å²) < 4.78 is 13.9. The minimum atomic E-state index is -1.13. The maximum absolute atomic E-state index is 13.9. The number of halogens is 1. The third-order valence-corrected chi connectivity index (χ3v) is 9.58. The number of hydrogen-bond acceptors (Lipinski definition) is 6. The fraction of sp³-hybridized carbons (Fsp3) is 0.395. The van der Waals surface area contributed by atoms with Gasteiger partial charge in [0.15, 0.2) is 0 Å². The van der Waals surface area contributed by atoms with Gasteiger partial charge in [-0.3, -0.25) is 19.8 Å². The summed E-state index contributed by atoms with van der Waals surface area (Å²) in [6.07, 6.45) is 2.91. The SMILES string of the molecule is C[C@@H](CC1(C(=N)Nc2ccc(F)cc2)c2ccc(C(=O)N(C)C)cc2CCc2cc(C(=O)N(C)C)ccc21)NCC(=O)N1CCCC1C#N. The third kappa shape index (κ3) is 7.20. The van der Waals surface area contributed by atoms with Crippen LogP contribution in [0.3, 0.4) is 0 Å². The van der Waals surface area contributed by atoms with E-state index in [9.17, 15) is 29.4 Å². The summed E-state index contributed by atoms with van der Waals surface area (Å²) in [5, 5.41) is 26.0. The molecule has 0 bridgehead atoms. The first kappa shape index (κ1) is 35.2. The molecule has 0 radical (unpaired) electrons. The second kappa shape index (κ2) is 14.6. The first-order valence-electron chi connectivity index (χ1n) is 16.6. The number of carbonyl (C=O) groups is 3. The van der Waals surface area contributed by atoms with E-state index in [2.05, 4.69) is 16.7 Å². The number of aryl methyl sites for hydroxylation is 2. The number of nitrogens with zero attached hydrogens (tertiary/aromatic N) is 4. The highest BCUT2D eigenvalue weighted by atomic mass is 19.1. The number of nitriles is 1. The fourth-order valence-corrected chi connectivity index (χ4v) is 7.10. The summed E-state index contributed by atoms with van der Waals surface area (Å²) >= 11 is 0. The Hall–Kier alpha value is -5.08. The predicted octanol–water partition coefficient (Wildman–Crippen LogP) is 4.59. The van der Waals surface area contributed by atoms with Crippen LogP contribution in [0.25, 0.3) is 0 Å². The van der Waals surface area contributed by atoms with E-state index < -0.39 is 17.3 Å². The van der Waals surface area contributed by atoms with E-state index in [1.165, 1.54) is 21.9 Å². The smallest absolute Gasteiger partial charge is 0.253 e. The van der Waals surface area contributed by atoms with Crippen LogP contribution in [0.5, 0.6) is 0 Å². The molecule has 1 saturated heterocycles. The number of likely N-dealkylation sites (tertiary alicyclic amines) is 1. The average Bonchev–Trinajstić information content (AvgIpc) is 3.53. The molecular formula is C38H44FN7O3. The minimum absolute atomic E-state index is 0.0282. The predicted molar refractivity (Wildman–Crippen MR) is 187 cm³/mol. The second-order valence-electron chi connectivity index (χ2n) is 13.4. The van der Waals surface area contributed by atoms with E-state index in [4.69, 9.17) is 0 Å². The van der Waals surface area contributed by atoms with Gasteiger partial charge < -0.3 is 25.3 Å². The zero-order valence-electron chi connectivity index (χ0n) is 28.8. The number of rotatable bonds is 9. The first-order valence-corrected chi connectivity index (χ1v) is 16.6. The molecule has 256 valence electrons. The molecule has 0 saturated carbocycles. The van der Waals surface area contributed by atoms with Crippen LogP contribution < -0.4 is 10.6 Å². The van der Waals surface area contributed by atoms with Gasteiger partial charge in [0.25, 0.3) is 11.8 Å². The number of carbonyl (C=O) groups excluding carboxylic acids is 3. The number of amidine groups is 1. The lowest BCUT2D eigenvalue weighted by Gasteiger charge is -2.40. The lowest BCUT2D eigenvalue weighted by Crippen LogP contribution is -2.48. The van der Waals surface area contributed by atoms with Crippen LogP contribution in [0.2, 0.25) is 0 Å². The highest BCUT2D eigenvalue weighted by Gasteiger charge is 2.45. The molecule has 49 heavy (non-hydrogen) atoms. The molecule has 5 rings (SSSR count). The van der Waals surface area contributed by atoms with Gasteiger partial charge in [0.05, 0.1) is 18.0 Å². The molecule has 2 atom stereocenters. The number of amides is 3. The van der Waals surface area contributed by atoms with E-state index in [-0.39, 0.29) is 36.1 Å². The minimum Gasteiger partial charge on any atom is -0.345 e. The summed E-state index contributed by atoms with van der Waals surface area (Å²) in [6.45, 7) is 2.54. The molecule has 10 nitrogen and oxygen atoms in total. The van der Waals surface area contributed by atoms with Crippen molar-refractivity contribution >= 4 is 29.2 Å². The van der Waals surface area contributed by atoms with E-state index in [1.54, 1.807) is 57.4 Å². The Morgan fingerprint density at radius 2 is 1.51 bits per heavy atom. The molecule has 3 amide bonds. The van der Waals surface area contributed by atoms with Crippen molar-refractivity contribution in [2.75, 3.05) is 46.6 Å². The van der Waals surface area contributed by atoms with Crippen LogP contribution in [0.1, 0.15) is 69.2 Å². The summed E-state index contributed by atoms with van der Waals surface area (Å²) in [4.78, 5) is 44.1. The van der Waals surface area contributed by atoms with Crippen molar-refractivity contribution in [3.63, 3.8) is 0 Å². The highest BCUT2D eigenvalue weighted by Crippen LogP contribution is 2.45. The van der Waals surface area contributed by atoms with Crippen LogP contribution in [0.4, 0.5) is 10.1 Å². The van der Waals surface area contributed by atoms with Gasteiger partial charge in [0.2, 0.25) is 5.91 Å². The Morgan fingerprint density at radius 1 is 0.959 bits per heavy atom. The molecule has 1 unspecified atom stereocenters. The monoisotopic (exact) mass is 665 g/mol. The third-order valence-electron chi connectivity index (χ3n) is 9.58. The highest BCUT2D eigenvalue weighted by molar-refractivity contribution is 6.05. The van der Waals surface area contributed by atoms with Gasteiger partial charge in [0.1, 0.15) is 17.7 Å². The number of fused-ring (bicyclic) bond motifs is 2. The number of nitrogens with one attached hydrogen (secondary N) is 3. The summed E-state index contributed by atoms with van der Waals surface area (Å²) in [7, 11) is 6.81. The quantitative estimate of drug-likeness (QED) is 0.226. The molecule has 2 aliphatic rings. The largest absolute Gasteiger partial charge is 0.345 e. The van der Waals surface area contributed by atoms with Gasteiger partial charge in [-0.15, -0.1) is 0 Å². The molecule has 3 aromatic carbocycles. The Balaban J connectivity index is 1.64. The van der Waals surface area contributed by atoms with Crippen molar-refractivity contribution in [1.29, 1.82) is 10.7 Å². The van der Waals surface area contributed by atoms with Crippen LogP contribution >= 0.6 is 0 Å². The van der Waals surface area contributed by atoms with Crippen molar-refractivity contribution < 1.29 is 18.8 Å². The zero-order chi connectivity index (χ0) is 35.5. The van der Waals surface area contributed by atoms with Gasteiger partial charge >= 0.3 is 0 Å². The number of anilines is 1. The molecule has 11 heteroatoms. The fourth-order valence-electron chi connectivity index (χ4n) is 7.10. The van der Waals surface area contributed by atoms with Gasteiger partial charge in [-0.25, -0.2) is 4.39 Å². The Bertz CT molecular complexity index is 1730. The van der Waals surface area contributed by atoms with Gasteiger partial charge in [-0.2, -0.15) is 5.26 Å². The zero-order valence-corrected chi connectivity index (χ0v) is 28.8. The second-order valence-corrected chi connectivity index (χ2v) is 13.4. The van der Waals surface area contributed by atoms with Crippen LogP contribution in [0, 0.1) is 22.6 Å². The van der Waals surface area contributed by atoms with E-state index in [0.717, 1.165) is 28.7 Å². The van der Waals surface area contributed by atoms with Crippen molar-refractivity contribution in [1.82, 2.24) is 20.0 Å². The summed E-state index contributed by atoms with van der Waals surface area (Å²) in [5.74, 6) is -0.692. The summed E-state index contributed by atoms with van der Waals surface area (Å²) in [5.41, 5.74) is 3.91. The van der Waals surface area contributed by atoms with Gasteiger partial charge in [-0.05, 0) is 110 Å². The first-order chi connectivity index (χ1) is 23.3. The maximum Gasteiger partial charge on any atom is 0.253 e. The molecule has 1 heterocycles. The van der Waals surface area contributed by atoms with Crippen molar-refractivity contribution in [3.05, 3.63) is 99.9 Å². The molecule has 1 aliphatic heterocycles. The molecular weight excluding hydrogens is 621 g/mol. The van der Waals surface area contributed by atoms with Crippen LogP contribution in [-0.4, -0.2) is 91.6 Å². The molecule has 3 aromatic rings.